The molecule has 1 rings (SSSR count). The lowest BCUT2D eigenvalue weighted by atomic mass is 9.74. The lowest BCUT2D eigenvalue weighted by Gasteiger charge is -2.33. The lowest BCUT2D eigenvalue weighted by Crippen LogP contribution is -2.21. The average molecular weight is 161 g/mol. The van der Waals surface area contributed by atoms with Gasteiger partial charge in [0.15, 0.2) is 0 Å². The average Bonchev–Trinajstić information content (AvgIpc) is 1.88. The second kappa shape index (κ2) is 3.13. The molecule has 1 saturated carbocycles. The zero-order valence-corrected chi connectivity index (χ0v) is 7.75. The second-order valence-electron chi connectivity index (χ2n) is 4.26. The van der Waals surface area contributed by atoms with E-state index < -0.39 is 0 Å². The van der Waals surface area contributed by atoms with E-state index in [2.05, 4.69) is 13.8 Å². The van der Waals surface area contributed by atoms with Crippen LogP contribution in [0.1, 0.15) is 39.5 Å². The molecule has 10 heavy (non-hydrogen) atoms. The molecule has 0 unspecified atom stereocenters. The maximum absolute atomic E-state index is 5.77. The van der Waals surface area contributed by atoms with E-state index in [0.717, 1.165) is 11.8 Å². The summed E-state index contributed by atoms with van der Waals surface area (Å²) in [7, 11) is 0. The Morgan fingerprint density at radius 1 is 1.30 bits per heavy atom. The van der Waals surface area contributed by atoms with E-state index in [1.54, 1.807) is 0 Å². The number of hydrogen-bond donors (Lipinski definition) is 0. The molecule has 0 aromatic carbocycles. The van der Waals surface area contributed by atoms with Crippen molar-refractivity contribution in [1.29, 1.82) is 0 Å². The normalized spacial score (nSPS) is 26.7. The smallest absolute Gasteiger partial charge is 0.0251 e. The molecule has 0 N–H and O–H groups in total. The molecule has 1 aliphatic carbocycles. The van der Waals surface area contributed by atoms with E-state index in [1.165, 1.54) is 25.7 Å². The maximum atomic E-state index is 5.77. The van der Waals surface area contributed by atoms with Crippen LogP contribution in [0.4, 0.5) is 0 Å². The molecule has 0 nitrogen and oxygen atoms in total. The summed E-state index contributed by atoms with van der Waals surface area (Å²) in [6.07, 6.45) is 5.42. The van der Waals surface area contributed by atoms with Crippen molar-refractivity contribution in [2.75, 3.05) is 5.88 Å². The summed E-state index contributed by atoms with van der Waals surface area (Å²) < 4.78 is 0. The van der Waals surface area contributed by atoms with E-state index in [0.29, 0.717) is 5.41 Å². The van der Waals surface area contributed by atoms with Crippen molar-refractivity contribution in [3.05, 3.63) is 0 Å². The standard InChI is InChI=1S/C9H17Cl/c1-9(2)5-3-8(7-10)4-6-9/h8H,3-7H2,1-2H3. The summed E-state index contributed by atoms with van der Waals surface area (Å²) in [5.41, 5.74) is 0.600. The quantitative estimate of drug-likeness (QED) is 0.516. The summed E-state index contributed by atoms with van der Waals surface area (Å²) >= 11 is 5.77. The van der Waals surface area contributed by atoms with Crippen molar-refractivity contribution < 1.29 is 0 Å². The van der Waals surface area contributed by atoms with Crippen LogP contribution in [-0.4, -0.2) is 5.88 Å². The number of hydrogen-bond acceptors (Lipinski definition) is 0. The Balaban J connectivity index is 2.31. The van der Waals surface area contributed by atoms with Gasteiger partial charge in [-0.3, -0.25) is 0 Å². The zero-order chi connectivity index (χ0) is 7.61. The molecule has 0 heterocycles. The van der Waals surface area contributed by atoms with Crippen LogP contribution in [0.15, 0.2) is 0 Å². The third kappa shape index (κ3) is 2.16. The summed E-state index contributed by atoms with van der Waals surface area (Å²) in [4.78, 5) is 0. The molecule has 0 aromatic heterocycles. The van der Waals surface area contributed by atoms with E-state index in [1.807, 2.05) is 0 Å². The van der Waals surface area contributed by atoms with Gasteiger partial charge in [0.25, 0.3) is 0 Å². The third-order valence-corrected chi connectivity index (χ3v) is 3.11. The Labute approximate surface area is 69.0 Å². The van der Waals surface area contributed by atoms with E-state index >= 15 is 0 Å². The van der Waals surface area contributed by atoms with Crippen molar-refractivity contribution in [1.82, 2.24) is 0 Å². The lowest BCUT2D eigenvalue weighted by molar-refractivity contribution is 0.202. The Morgan fingerprint density at radius 2 is 1.80 bits per heavy atom. The molecule has 0 atom stereocenters. The highest BCUT2D eigenvalue weighted by molar-refractivity contribution is 6.18. The highest BCUT2D eigenvalue weighted by atomic mass is 35.5. The van der Waals surface area contributed by atoms with Gasteiger partial charge >= 0.3 is 0 Å². The van der Waals surface area contributed by atoms with Gasteiger partial charge in [-0.1, -0.05) is 13.8 Å². The fourth-order valence-corrected chi connectivity index (χ4v) is 1.92. The van der Waals surface area contributed by atoms with E-state index in [9.17, 15) is 0 Å². The van der Waals surface area contributed by atoms with Crippen LogP contribution >= 0.6 is 11.6 Å². The predicted octanol–water partition coefficient (Wildman–Crippen LogP) is 3.44. The van der Waals surface area contributed by atoms with Gasteiger partial charge < -0.3 is 0 Å². The molecule has 0 aromatic rings. The SMILES string of the molecule is CC1(C)CCC(CCl)CC1. The van der Waals surface area contributed by atoms with Gasteiger partial charge in [0.1, 0.15) is 0 Å². The van der Waals surface area contributed by atoms with Crippen LogP contribution in [0.5, 0.6) is 0 Å². The molecular weight excluding hydrogens is 144 g/mol. The molecule has 0 saturated heterocycles. The van der Waals surface area contributed by atoms with Crippen LogP contribution in [0, 0.1) is 11.3 Å². The highest BCUT2D eigenvalue weighted by Gasteiger charge is 2.25. The Kier molecular flexibility index (Phi) is 2.62. The summed E-state index contributed by atoms with van der Waals surface area (Å²) in [6.45, 7) is 4.72. The van der Waals surface area contributed by atoms with Gasteiger partial charge in [-0.15, -0.1) is 11.6 Å². The van der Waals surface area contributed by atoms with Crippen LogP contribution < -0.4 is 0 Å². The fourth-order valence-electron chi connectivity index (χ4n) is 1.61. The fraction of sp³-hybridized carbons (Fsp3) is 1.00. The number of rotatable bonds is 1. The first-order valence-corrected chi connectivity index (χ1v) is 4.73. The Bertz CT molecular complexity index is 97.3. The molecule has 60 valence electrons. The molecule has 0 spiro atoms. The van der Waals surface area contributed by atoms with Crippen molar-refractivity contribution in [3.8, 4) is 0 Å². The highest BCUT2D eigenvalue weighted by Crippen LogP contribution is 2.38. The minimum Gasteiger partial charge on any atom is -0.126 e. The second-order valence-corrected chi connectivity index (χ2v) is 4.57. The monoisotopic (exact) mass is 160 g/mol. The minimum absolute atomic E-state index is 0.600. The largest absolute Gasteiger partial charge is 0.126 e. The van der Waals surface area contributed by atoms with Crippen LogP contribution in [0.2, 0.25) is 0 Å². The Hall–Kier alpha value is 0.290. The summed E-state index contributed by atoms with van der Waals surface area (Å²) in [5, 5.41) is 0. The van der Waals surface area contributed by atoms with E-state index in [4.69, 9.17) is 11.6 Å². The topological polar surface area (TPSA) is 0 Å². The van der Waals surface area contributed by atoms with Crippen molar-refractivity contribution >= 4 is 11.6 Å². The summed E-state index contributed by atoms with van der Waals surface area (Å²) in [6, 6.07) is 0. The molecule has 1 fully saturated rings. The first-order chi connectivity index (χ1) is 4.64. The van der Waals surface area contributed by atoms with E-state index in [-0.39, 0.29) is 0 Å². The number of alkyl halides is 1. The third-order valence-electron chi connectivity index (χ3n) is 2.68. The number of halogens is 1. The molecular formula is C9H17Cl. The summed E-state index contributed by atoms with van der Waals surface area (Å²) in [5.74, 6) is 1.69. The van der Waals surface area contributed by atoms with Crippen molar-refractivity contribution in [2.24, 2.45) is 11.3 Å². The van der Waals surface area contributed by atoms with Gasteiger partial charge in [0.05, 0.1) is 0 Å². The Morgan fingerprint density at radius 3 is 2.20 bits per heavy atom. The zero-order valence-electron chi connectivity index (χ0n) is 6.99. The van der Waals surface area contributed by atoms with Gasteiger partial charge in [-0.2, -0.15) is 0 Å². The van der Waals surface area contributed by atoms with Gasteiger partial charge in [0, 0.05) is 5.88 Å². The molecule has 1 aliphatic rings. The first kappa shape index (κ1) is 8.39. The molecule has 0 bridgehead atoms. The molecule has 0 amide bonds. The minimum atomic E-state index is 0.600. The van der Waals surface area contributed by atoms with Crippen LogP contribution in [-0.2, 0) is 0 Å². The molecule has 0 aliphatic heterocycles. The van der Waals surface area contributed by atoms with Gasteiger partial charge in [-0.25, -0.2) is 0 Å². The van der Waals surface area contributed by atoms with Crippen molar-refractivity contribution in [3.63, 3.8) is 0 Å². The van der Waals surface area contributed by atoms with Gasteiger partial charge in [0.2, 0.25) is 0 Å². The predicted molar refractivity (Wildman–Crippen MR) is 46.5 cm³/mol. The van der Waals surface area contributed by atoms with Crippen LogP contribution in [0.3, 0.4) is 0 Å². The van der Waals surface area contributed by atoms with Gasteiger partial charge in [-0.05, 0) is 37.0 Å². The first-order valence-electron chi connectivity index (χ1n) is 4.20. The maximum Gasteiger partial charge on any atom is 0.0251 e. The molecule has 0 radical (unpaired) electrons. The van der Waals surface area contributed by atoms with Crippen molar-refractivity contribution in [2.45, 2.75) is 39.5 Å². The molecule has 1 heteroatoms. The van der Waals surface area contributed by atoms with Crippen LogP contribution in [0.25, 0.3) is 0 Å².